The molecule has 0 N–H and O–H groups in total. The van der Waals surface area contributed by atoms with Gasteiger partial charge in [-0.2, -0.15) is 0 Å². The number of rotatable bonds is 7. The van der Waals surface area contributed by atoms with E-state index in [4.69, 9.17) is 18.7 Å². The monoisotopic (exact) mass is 463 g/mol. The predicted octanol–water partition coefficient (Wildman–Crippen LogP) is 3.93. The number of carbonyl (C=O) groups is 3. The van der Waals surface area contributed by atoms with Gasteiger partial charge in [-0.3, -0.25) is 9.59 Å². The molecule has 34 heavy (non-hydrogen) atoms. The zero-order valence-electron chi connectivity index (χ0n) is 18.7. The molecule has 0 atom stereocenters. The summed E-state index contributed by atoms with van der Waals surface area (Å²) in [6, 6.07) is 11.3. The molecule has 9 heteroatoms. The van der Waals surface area contributed by atoms with Gasteiger partial charge in [-0.15, -0.1) is 0 Å². The van der Waals surface area contributed by atoms with Gasteiger partial charge in [0.05, 0.1) is 31.8 Å². The lowest BCUT2D eigenvalue weighted by molar-refractivity contribution is -0.134. The van der Waals surface area contributed by atoms with Crippen molar-refractivity contribution in [2.75, 3.05) is 14.2 Å². The molecule has 0 saturated carbocycles. The molecule has 0 saturated heterocycles. The second kappa shape index (κ2) is 9.62. The highest BCUT2D eigenvalue weighted by atomic mass is 16.5. The molecule has 174 valence electrons. The Bertz CT molecular complexity index is 1290. The number of aryl methyl sites for hydroxylation is 1. The summed E-state index contributed by atoms with van der Waals surface area (Å²) in [4.78, 5) is 36.7. The number of fused-ring (bicyclic) bond motifs is 1. The molecule has 9 nitrogen and oxygen atoms in total. The van der Waals surface area contributed by atoms with E-state index >= 15 is 0 Å². The molecule has 1 aromatic heterocycles. The summed E-state index contributed by atoms with van der Waals surface area (Å²) in [5.74, 6) is 0.412. The first-order valence-electron chi connectivity index (χ1n) is 10.4. The van der Waals surface area contributed by atoms with Crippen LogP contribution in [0.25, 0.3) is 6.08 Å². The summed E-state index contributed by atoms with van der Waals surface area (Å²) >= 11 is 0. The SMILES string of the molecule is COC(=O)c1ccc(/C=C2\Oc3c(ccc(OC(=O)CCc4cc(OC)no4)c3C)C2=O)cc1. The number of methoxy groups -OCH3 is 2. The van der Waals surface area contributed by atoms with Gasteiger partial charge in [0.1, 0.15) is 17.3 Å². The third kappa shape index (κ3) is 4.68. The van der Waals surface area contributed by atoms with Crippen molar-refractivity contribution in [1.82, 2.24) is 5.16 Å². The fraction of sp³-hybridized carbons (Fsp3) is 0.200. The number of carbonyl (C=O) groups excluding carboxylic acids is 3. The molecular formula is C25H21NO8. The Kier molecular flexibility index (Phi) is 6.44. The zero-order valence-corrected chi connectivity index (χ0v) is 18.7. The molecule has 0 amide bonds. The van der Waals surface area contributed by atoms with Crippen molar-refractivity contribution in [2.24, 2.45) is 0 Å². The summed E-state index contributed by atoms with van der Waals surface area (Å²) in [6.45, 7) is 1.71. The van der Waals surface area contributed by atoms with Crippen LogP contribution < -0.4 is 14.2 Å². The van der Waals surface area contributed by atoms with Crippen LogP contribution >= 0.6 is 0 Å². The third-order valence-corrected chi connectivity index (χ3v) is 5.21. The van der Waals surface area contributed by atoms with E-state index in [2.05, 4.69) is 9.89 Å². The maximum Gasteiger partial charge on any atom is 0.337 e. The number of allylic oxidation sites excluding steroid dienone is 1. The maximum atomic E-state index is 12.8. The zero-order chi connectivity index (χ0) is 24.2. The van der Waals surface area contributed by atoms with E-state index in [0.29, 0.717) is 51.8 Å². The van der Waals surface area contributed by atoms with Crippen molar-refractivity contribution >= 4 is 23.8 Å². The van der Waals surface area contributed by atoms with Crippen LogP contribution in [0.1, 0.15) is 44.0 Å². The lowest BCUT2D eigenvalue weighted by atomic mass is 10.1. The van der Waals surface area contributed by atoms with Crippen molar-refractivity contribution < 1.29 is 37.9 Å². The van der Waals surface area contributed by atoms with Gasteiger partial charge in [0.25, 0.3) is 5.88 Å². The molecule has 2 aromatic carbocycles. The number of esters is 2. The van der Waals surface area contributed by atoms with E-state index in [1.165, 1.54) is 14.2 Å². The van der Waals surface area contributed by atoms with Crippen LogP contribution in [0.15, 0.2) is 52.7 Å². The summed E-state index contributed by atoms with van der Waals surface area (Å²) in [5.41, 5.74) is 1.99. The lowest BCUT2D eigenvalue weighted by Crippen LogP contribution is -2.10. The fourth-order valence-corrected chi connectivity index (χ4v) is 3.37. The average Bonchev–Trinajstić information content (AvgIpc) is 3.44. The highest BCUT2D eigenvalue weighted by Gasteiger charge is 2.30. The van der Waals surface area contributed by atoms with E-state index in [0.717, 1.165) is 0 Å². The van der Waals surface area contributed by atoms with Crippen LogP contribution in [-0.2, 0) is 16.0 Å². The normalized spacial score (nSPS) is 13.4. The Balaban J connectivity index is 1.45. The molecule has 1 aliphatic heterocycles. The Morgan fingerprint density at radius 1 is 1.09 bits per heavy atom. The van der Waals surface area contributed by atoms with E-state index in [1.54, 1.807) is 55.5 Å². The van der Waals surface area contributed by atoms with Crippen LogP contribution in [0, 0.1) is 6.92 Å². The van der Waals surface area contributed by atoms with Crippen molar-refractivity contribution in [3.05, 3.63) is 76.2 Å². The van der Waals surface area contributed by atoms with Gasteiger partial charge in [-0.1, -0.05) is 12.1 Å². The number of aromatic nitrogens is 1. The first kappa shape index (κ1) is 22.8. The number of ether oxygens (including phenoxy) is 4. The number of Topliss-reactive ketones (excluding diaryl/α,β-unsaturated/α-hetero) is 1. The maximum absolute atomic E-state index is 12.8. The number of ketones is 1. The van der Waals surface area contributed by atoms with Gasteiger partial charge in [-0.25, -0.2) is 4.79 Å². The summed E-state index contributed by atoms with van der Waals surface area (Å²) in [7, 11) is 2.78. The highest BCUT2D eigenvalue weighted by molar-refractivity contribution is 6.15. The quantitative estimate of drug-likeness (QED) is 0.292. The molecule has 0 radical (unpaired) electrons. The van der Waals surface area contributed by atoms with Gasteiger partial charge >= 0.3 is 11.9 Å². The van der Waals surface area contributed by atoms with Crippen LogP contribution in [0.2, 0.25) is 0 Å². The van der Waals surface area contributed by atoms with Gasteiger partial charge in [0.2, 0.25) is 5.78 Å². The minimum Gasteiger partial charge on any atom is -0.479 e. The Hall–Kier alpha value is -4.40. The van der Waals surface area contributed by atoms with Crippen molar-refractivity contribution in [3.63, 3.8) is 0 Å². The molecule has 4 rings (SSSR count). The molecule has 0 aliphatic carbocycles. The molecule has 2 heterocycles. The van der Waals surface area contributed by atoms with Gasteiger partial charge in [0.15, 0.2) is 5.76 Å². The largest absolute Gasteiger partial charge is 0.479 e. The molecular weight excluding hydrogens is 442 g/mol. The van der Waals surface area contributed by atoms with Gasteiger partial charge < -0.3 is 23.5 Å². The van der Waals surface area contributed by atoms with Gasteiger partial charge in [0, 0.05) is 18.1 Å². The first-order valence-corrected chi connectivity index (χ1v) is 10.4. The number of hydrogen-bond acceptors (Lipinski definition) is 9. The Morgan fingerprint density at radius 2 is 1.85 bits per heavy atom. The van der Waals surface area contributed by atoms with Crippen LogP contribution in [0.5, 0.6) is 17.4 Å². The van der Waals surface area contributed by atoms with Crippen LogP contribution in [0.3, 0.4) is 0 Å². The minimum atomic E-state index is -0.468. The van der Waals surface area contributed by atoms with Crippen LogP contribution in [0.4, 0.5) is 0 Å². The molecule has 0 bridgehead atoms. The summed E-state index contributed by atoms with van der Waals surface area (Å²) in [5, 5.41) is 3.69. The van der Waals surface area contributed by atoms with Gasteiger partial charge in [-0.05, 0) is 48.0 Å². The number of hydrogen-bond donors (Lipinski definition) is 0. The molecule has 0 fully saturated rings. The van der Waals surface area contributed by atoms with E-state index < -0.39 is 11.9 Å². The molecule has 3 aromatic rings. The molecule has 1 aliphatic rings. The smallest absolute Gasteiger partial charge is 0.337 e. The number of nitrogens with zero attached hydrogens (tertiary/aromatic N) is 1. The average molecular weight is 463 g/mol. The summed E-state index contributed by atoms with van der Waals surface area (Å²) in [6.07, 6.45) is 1.96. The second-order valence-corrected chi connectivity index (χ2v) is 7.43. The standard InChI is InChI=1S/C25H21NO8/c1-14-19(32-22(27)11-8-17-13-21(30-2)26-34-17)10-9-18-23(28)20(33-24(14)18)12-15-4-6-16(7-5-15)25(29)31-3/h4-7,9-10,12-13H,8,11H2,1-3H3/b20-12-. The van der Waals surface area contributed by atoms with E-state index in [1.807, 2.05) is 0 Å². The first-order chi connectivity index (χ1) is 16.4. The fourth-order valence-electron chi connectivity index (χ4n) is 3.37. The third-order valence-electron chi connectivity index (χ3n) is 5.21. The minimum absolute atomic E-state index is 0.0708. The Morgan fingerprint density at radius 3 is 2.53 bits per heavy atom. The predicted molar refractivity (Wildman–Crippen MR) is 119 cm³/mol. The van der Waals surface area contributed by atoms with E-state index in [9.17, 15) is 14.4 Å². The highest BCUT2D eigenvalue weighted by Crippen LogP contribution is 2.39. The van der Waals surface area contributed by atoms with Crippen molar-refractivity contribution in [3.8, 4) is 17.4 Å². The topological polar surface area (TPSA) is 114 Å². The lowest BCUT2D eigenvalue weighted by Gasteiger charge is -2.09. The molecule has 0 unspecified atom stereocenters. The Labute approximate surface area is 194 Å². The summed E-state index contributed by atoms with van der Waals surface area (Å²) < 4.78 is 26.0. The number of benzene rings is 2. The van der Waals surface area contributed by atoms with Crippen LogP contribution in [-0.4, -0.2) is 37.1 Å². The van der Waals surface area contributed by atoms with E-state index in [-0.39, 0.29) is 18.0 Å². The molecule has 0 spiro atoms. The second-order valence-electron chi connectivity index (χ2n) is 7.43. The van der Waals surface area contributed by atoms with Crippen molar-refractivity contribution in [2.45, 2.75) is 19.8 Å². The van der Waals surface area contributed by atoms with Crippen molar-refractivity contribution in [1.29, 1.82) is 0 Å².